The summed E-state index contributed by atoms with van der Waals surface area (Å²) in [6.07, 6.45) is 2.92. The molecule has 1 fully saturated rings. The van der Waals surface area contributed by atoms with Gasteiger partial charge in [0.15, 0.2) is 0 Å². The van der Waals surface area contributed by atoms with Gasteiger partial charge >= 0.3 is 0 Å². The average Bonchev–Trinajstić information content (AvgIpc) is 3.23. The van der Waals surface area contributed by atoms with Gasteiger partial charge in [-0.15, -0.1) is 11.3 Å². The number of benzene rings is 1. The smallest absolute Gasteiger partial charge is 0.278 e. The van der Waals surface area contributed by atoms with Gasteiger partial charge in [-0.05, 0) is 42.5 Å². The summed E-state index contributed by atoms with van der Waals surface area (Å²) in [6.45, 7) is 1.28. The maximum atomic E-state index is 12.4. The summed E-state index contributed by atoms with van der Waals surface area (Å²) >= 11 is 1.20. The molecule has 1 aliphatic rings. The van der Waals surface area contributed by atoms with Crippen LogP contribution in [0.4, 0.5) is 11.4 Å². The van der Waals surface area contributed by atoms with Crippen molar-refractivity contribution >= 4 is 43.6 Å². The van der Waals surface area contributed by atoms with Gasteiger partial charge in [0, 0.05) is 31.4 Å². The van der Waals surface area contributed by atoms with Crippen molar-refractivity contribution in [3.05, 3.63) is 58.1 Å². The van der Waals surface area contributed by atoms with E-state index >= 15 is 0 Å². The summed E-state index contributed by atoms with van der Waals surface area (Å²) < 4.78 is 27.9. The number of sulfonamides is 1. The fraction of sp³-hybridized carbons (Fsp3) is 0.278. The highest BCUT2D eigenvalue weighted by Gasteiger charge is 2.27. The second-order valence-electron chi connectivity index (χ2n) is 6.58. The van der Waals surface area contributed by atoms with Crippen LogP contribution in [0.2, 0.25) is 0 Å². The van der Waals surface area contributed by atoms with Crippen molar-refractivity contribution in [2.45, 2.75) is 23.1 Å². The average molecular weight is 419 g/mol. The molecular formula is C18H18N4O4S2. The number of nitro groups is 1. The van der Waals surface area contributed by atoms with Gasteiger partial charge in [-0.25, -0.2) is 13.1 Å². The number of anilines is 1. The molecule has 146 valence electrons. The molecule has 28 heavy (non-hydrogen) atoms. The predicted molar refractivity (Wildman–Crippen MR) is 108 cm³/mol. The number of rotatable bonds is 5. The molecule has 2 aromatic heterocycles. The number of nitrogens with one attached hydrogen (secondary N) is 1. The number of nitrogens with zero attached hydrogens (tertiary/aromatic N) is 3. The largest absolute Gasteiger partial charge is 0.370 e. The highest BCUT2D eigenvalue weighted by molar-refractivity contribution is 7.91. The van der Waals surface area contributed by atoms with Crippen LogP contribution in [0.15, 0.2) is 52.2 Å². The van der Waals surface area contributed by atoms with Crippen LogP contribution in [-0.4, -0.2) is 37.5 Å². The molecule has 8 nitrogen and oxygen atoms in total. The highest BCUT2D eigenvalue weighted by atomic mass is 32.2. The first-order chi connectivity index (χ1) is 13.5. The molecule has 0 saturated carbocycles. The molecular weight excluding hydrogens is 400 g/mol. The molecule has 0 amide bonds. The maximum Gasteiger partial charge on any atom is 0.278 e. The van der Waals surface area contributed by atoms with E-state index in [-0.39, 0.29) is 11.7 Å². The molecule has 0 bridgehead atoms. The van der Waals surface area contributed by atoms with E-state index in [2.05, 4.69) is 14.6 Å². The van der Waals surface area contributed by atoms with Crippen LogP contribution in [0.1, 0.15) is 12.8 Å². The number of aromatic nitrogens is 1. The van der Waals surface area contributed by atoms with Gasteiger partial charge in [-0.2, -0.15) is 0 Å². The third-order valence-corrected chi connectivity index (χ3v) is 7.76. The van der Waals surface area contributed by atoms with Crippen molar-refractivity contribution in [3.8, 4) is 0 Å². The van der Waals surface area contributed by atoms with Crippen LogP contribution in [0, 0.1) is 10.1 Å². The molecule has 0 spiro atoms. The Balaban J connectivity index is 1.52. The Hall–Kier alpha value is -2.56. The lowest BCUT2D eigenvalue weighted by Gasteiger charge is -2.34. The van der Waals surface area contributed by atoms with Crippen LogP contribution in [0.3, 0.4) is 0 Å². The monoisotopic (exact) mass is 418 g/mol. The molecule has 1 saturated heterocycles. The van der Waals surface area contributed by atoms with Crippen molar-refractivity contribution < 1.29 is 13.3 Å². The van der Waals surface area contributed by atoms with E-state index in [0.29, 0.717) is 41.0 Å². The molecule has 4 rings (SSSR count). The summed E-state index contributed by atoms with van der Waals surface area (Å²) in [5.74, 6) is 0. The molecule has 3 aromatic rings. The first-order valence-electron chi connectivity index (χ1n) is 8.78. The van der Waals surface area contributed by atoms with E-state index in [1.807, 2.05) is 0 Å². The van der Waals surface area contributed by atoms with Gasteiger partial charge in [0.05, 0.1) is 16.0 Å². The van der Waals surface area contributed by atoms with Crippen LogP contribution < -0.4 is 9.62 Å². The minimum absolute atomic E-state index is 0.0328. The Kier molecular flexibility index (Phi) is 5.00. The van der Waals surface area contributed by atoms with Crippen LogP contribution >= 0.6 is 11.3 Å². The standard InChI is InChI=1S/C18H18N4O4S2/c23-22(24)15-5-6-16(18-14(15)3-1-9-19-18)21-10-7-13(8-11-21)20-28(25,26)17-4-2-12-27-17/h1-6,9,12-13,20H,7-8,10-11H2. The number of hydrogen-bond acceptors (Lipinski definition) is 7. The quantitative estimate of drug-likeness (QED) is 0.504. The summed E-state index contributed by atoms with van der Waals surface area (Å²) in [7, 11) is -3.49. The van der Waals surface area contributed by atoms with Crippen molar-refractivity contribution in [1.29, 1.82) is 0 Å². The van der Waals surface area contributed by atoms with Gasteiger partial charge < -0.3 is 4.90 Å². The lowest BCUT2D eigenvalue weighted by Crippen LogP contribution is -2.44. The van der Waals surface area contributed by atoms with Crippen LogP contribution in [0.5, 0.6) is 0 Å². The number of hydrogen-bond donors (Lipinski definition) is 1. The zero-order valence-corrected chi connectivity index (χ0v) is 16.4. The van der Waals surface area contributed by atoms with Gasteiger partial charge in [0.25, 0.3) is 5.69 Å². The topological polar surface area (TPSA) is 105 Å². The Bertz CT molecular complexity index is 1110. The molecule has 0 aliphatic carbocycles. The van der Waals surface area contributed by atoms with Crippen molar-refractivity contribution in [1.82, 2.24) is 9.71 Å². The predicted octanol–water partition coefficient (Wildman–Crippen LogP) is 3.15. The zero-order valence-electron chi connectivity index (χ0n) is 14.8. The number of piperidine rings is 1. The molecule has 3 heterocycles. The van der Waals surface area contributed by atoms with E-state index < -0.39 is 14.9 Å². The normalized spacial score (nSPS) is 15.8. The van der Waals surface area contributed by atoms with Crippen molar-refractivity contribution in [2.24, 2.45) is 0 Å². The Morgan fingerprint density at radius 2 is 1.96 bits per heavy atom. The zero-order chi connectivity index (χ0) is 19.7. The molecule has 0 unspecified atom stereocenters. The fourth-order valence-corrected chi connectivity index (χ4v) is 5.80. The second kappa shape index (κ2) is 7.46. The fourth-order valence-electron chi connectivity index (χ4n) is 3.49. The Morgan fingerprint density at radius 3 is 2.64 bits per heavy atom. The lowest BCUT2D eigenvalue weighted by molar-refractivity contribution is -0.383. The minimum Gasteiger partial charge on any atom is -0.370 e. The molecule has 0 radical (unpaired) electrons. The van der Waals surface area contributed by atoms with Crippen LogP contribution in [-0.2, 0) is 10.0 Å². The number of nitro benzene ring substituents is 1. The molecule has 0 atom stereocenters. The summed E-state index contributed by atoms with van der Waals surface area (Å²) in [5.41, 5.74) is 1.46. The molecule has 1 N–H and O–H groups in total. The summed E-state index contributed by atoms with van der Waals surface area (Å²) in [4.78, 5) is 17.3. The first kappa shape index (κ1) is 18.8. The molecule has 1 aromatic carbocycles. The number of pyridine rings is 1. The lowest BCUT2D eigenvalue weighted by atomic mass is 10.0. The van der Waals surface area contributed by atoms with Gasteiger partial charge in [-0.1, -0.05) is 6.07 Å². The number of non-ortho nitro benzene ring substituents is 1. The van der Waals surface area contributed by atoms with Crippen LogP contribution in [0.25, 0.3) is 10.9 Å². The van der Waals surface area contributed by atoms with Crippen molar-refractivity contribution in [3.63, 3.8) is 0 Å². The Labute approximate surface area is 166 Å². The van der Waals surface area contributed by atoms with E-state index in [1.54, 1.807) is 41.9 Å². The third kappa shape index (κ3) is 3.58. The SMILES string of the molecule is O=[N+]([O-])c1ccc(N2CCC(NS(=O)(=O)c3cccs3)CC2)c2ncccc12. The number of fused-ring (bicyclic) bond motifs is 1. The van der Waals surface area contributed by atoms with E-state index in [4.69, 9.17) is 0 Å². The van der Waals surface area contributed by atoms with Crippen molar-refractivity contribution in [2.75, 3.05) is 18.0 Å². The second-order valence-corrected chi connectivity index (χ2v) is 9.46. The Morgan fingerprint density at radius 1 is 1.18 bits per heavy atom. The van der Waals surface area contributed by atoms with E-state index in [0.717, 1.165) is 5.69 Å². The van der Waals surface area contributed by atoms with Gasteiger partial charge in [-0.3, -0.25) is 15.1 Å². The summed E-state index contributed by atoms with van der Waals surface area (Å²) in [5, 5.41) is 13.5. The molecule has 1 aliphatic heterocycles. The summed E-state index contributed by atoms with van der Waals surface area (Å²) in [6, 6.07) is 9.79. The van der Waals surface area contributed by atoms with E-state index in [1.165, 1.54) is 17.4 Å². The first-order valence-corrected chi connectivity index (χ1v) is 11.1. The molecule has 10 heteroatoms. The van der Waals surface area contributed by atoms with Gasteiger partial charge in [0.1, 0.15) is 9.73 Å². The highest BCUT2D eigenvalue weighted by Crippen LogP contribution is 2.33. The van der Waals surface area contributed by atoms with E-state index in [9.17, 15) is 18.5 Å². The third-order valence-electron chi connectivity index (χ3n) is 4.84. The van der Waals surface area contributed by atoms with Gasteiger partial charge in [0.2, 0.25) is 10.0 Å². The minimum atomic E-state index is -3.49. The number of thiophene rings is 1. The maximum absolute atomic E-state index is 12.4.